The average Bonchev–Trinajstić information content (AvgIpc) is 2.32. The van der Waals surface area contributed by atoms with Crippen LogP contribution in [-0.2, 0) is 0 Å². The molecule has 1 aromatic carbocycles. The van der Waals surface area contributed by atoms with Crippen molar-refractivity contribution in [2.75, 3.05) is 5.32 Å². The standard InChI is InChI=1S/C13H12Br2FN3/c1-7(2)13-18-11(15)6-12(19-13)17-10-4-3-8(16)5-9(10)14/h3-7H,1-2H3,(H,17,18,19). The molecule has 19 heavy (non-hydrogen) atoms. The number of rotatable bonds is 3. The molecule has 6 heteroatoms. The highest BCUT2D eigenvalue weighted by Crippen LogP contribution is 2.27. The minimum atomic E-state index is -0.288. The van der Waals surface area contributed by atoms with Gasteiger partial charge in [0.05, 0.1) is 5.69 Å². The molecular weight excluding hydrogens is 377 g/mol. The van der Waals surface area contributed by atoms with E-state index >= 15 is 0 Å². The molecule has 0 aliphatic rings. The third-order valence-corrected chi connectivity index (χ3v) is 3.48. The van der Waals surface area contributed by atoms with E-state index in [1.54, 1.807) is 12.1 Å². The van der Waals surface area contributed by atoms with Crippen molar-refractivity contribution in [3.05, 3.63) is 45.0 Å². The summed E-state index contributed by atoms with van der Waals surface area (Å²) in [5.74, 6) is 1.35. The van der Waals surface area contributed by atoms with Crippen LogP contribution in [0.5, 0.6) is 0 Å². The van der Waals surface area contributed by atoms with Gasteiger partial charge in [-0.05, 0) is 50.1 Å². The minimum Gasteiger partial charge on any atom is -0.339 e. The van der Waals surface area contributed by atoms with Crippen molar-refractivity contribution in [3.8, 4) is 0 Å². The Morgan fingerprint density at radius 2 is 1.89 bits per heavy atom. The van der Waals surface area contributed by atoms with Gasteiger partial charge in [-0.25, -0.2) is 14.4 Å². The fraction of sp³-hybridized carbons (Fsp3) is 0.231. The summed E-state index contributed by atoms with van der Waals surface area (Å²) in [5, 5.41) is 3.14. The quantitative estimate of drug-likeness (QED) is 0.751. The van der Waals surface area contributed by atoms with Crippen LogP contribution in [0.1, 0.15) is 25.6 Å². The maximum atomic E-state index is 13.0. The Balaban J connectivity index is 2.32. The van der Waals surface area contributed by atoms with Crippen LogP contribution >= 0.6 is 31.9 Å². The van der Waals surface area contributed by atoms with Gasteiger partial charge in [-0.15, -0.1) is 0 Å². The highest BCUT2D eigenvalue weighted by Gasteiger charge is 2.08. The molecule has 2 aromatic rings. The molecule has 1 heterocycles. The predicted molar refractivity (Wildman–Crippen MR) is 81.2 cm³/mol. The van der Waals surface area contributed by atoms with Crippen LogP contribution in [0, 0.1) is 5.82 Å². The van der Waals surface area contributed by atoms with Crippen molar-refractivity contribution in [1.29, 1.82) is 0 Å². The van der Waals surface area contributed by atoms with Gasteiger partial charge >= 0.3 is 0 Å². The van der Waals surface area contributed by atoms with Crippen LogP contribution in [0.25, 0.3) is 0 Å². The van der Waals surface area contributed by atoms with Crippen molar-refractivity contribution in [1.82, 2.24) is 9.97 Å². The van der Waals surface area contributed by atoms with Crippen LogP contribution in [0.4, 0.5) is 15.9 Å². The third-order valence-electron chi connectivity index (χ3n) is 2.42. The molecular formula is C13H12Br2FN3. The normalized spacial score (nSPS) is 10.8. The first kappa shape index (κ1) is 14.4. The lowest BCUT2D eigenvalue weighted by Crippen LogP contribution is -2.02. The van der Waals surface area contributed by atoms with E-state index in [1.165, 1.54) is 12.1 Å². The molecule has 1 N–H and O–H groups in total. The highest BCUT2D eigenvalue weighted by molar-refractivity contribution is 9.10. The van der Waals surface area contributed by atoms with Gasteiger partial charge in [-0.1, -0.05) is 13.8 Å². The SMILES string of the molecule is CC(C)c1nc(Br)cc(Nc2ccc(F)cc2Br)n1. The number of nitrogens with zero attached hydrogens (tertiary/aromatic N) is 2. The van der Waals surface area contributed by atoms with E-state index in [4.69, 9.17) is 0 Å². The van der Waals surface area contributed by atoms with Gasteiger partial charge in [-0.2, -0.15) is 0 Å². The molecule has 2 rings (SSSR count). The molecule has 0 saturated carbocycles. The summed E-state index contributed by atoms with van der Waals surface area (Å²) in [5.41, 5.74) is 0.752. The van der Waals surface area contributed by atoms with Crippen LogP contribution in [-0.4, -0.2) is 9.97 Å². The van der Waals surface area contributed by atoms with Gasteiger partial charge in [0.25, 0.3) is 0 Å². The van der Waals surface area contributed by atoms with Crippen molar-refractivity contribution in [2.45, 2.75) is 19.8 Å². The van der Waals surface area contributed by atoms with Crippen LogP contribution in [0.2, 0.25) is 0 Å². The molecule has 0 unspecified atom stereocenters. The number of aromatic nitrogens is 2. The van der Waals surface area contributed by atoms with Gasteiger partial charge in [0.2, 0.25) is 0 Å². The number of anilines is 2. The van der Waals surface area contributed by atoms with E-state index in [-0.39, 0.29) is 11.7 Å². The van der Waals surface area contributed by atoms with E-state index < -0.39 is 0 Å². The number of halogens is 3. The summed E-state index contributed by atoms with van der Waals surface area (Å²) in [6.07, 6.45) is 0. The Morgan fingerprint density at radius 3 is 2.53 bits per heavy atom. The maximum absolute atomic E-state index is 13.0. The Bertz CT molecular complexity index is 602. The zero-order valence-corrected chi connectivity index (χ0v) is 13.6. The first-order valence-electron chi connectivity index (χ1n) is 5.72. The second-order valence-electron chi connectivity index (χ2n) is 4.34. The maximum Gasteiger partial charge on any atom is 0.135 e. The Hall–Kier alpha value is -1.01. The molecule has 0 aliphatic heterocycles. The molecule has 100 valence electrons. The highest BCUT2D eigenvalue weighted by atomic mass is 79.9. The fourth-order valence-corrected chi connectivity index (χ4v) is 2.33. The third kappa shape index (κ3) is 3.73. The van der Waals surface area contributed by atoms with Crippen molar-refractivity contribution in [3.63, 3.8) is 0 Å². The topological polar surface area (TPSA) is 37.8 Å². The molecule has 0 radical (unpaired) electrons. The molecule has 0 atom stereocenters. The van der Waals surface area contributed by atoms with Crippen molar-refractivity contribution < 1.29 is 4.39 Å². The Kier molecular flexibility index (Phi) is 4.52. The summed E-state index contributed by atoms with van der Waals surface area (Å²) < 4.78 is 14.4. The van der Waals surface area contributed by atoms with E-state index in [0.29, 0.717) is 14.9 Å². The van der Waals surface area contributed by atoms with E-state index in [1.807, 2.05) is 13.8 Å². The number of benzene rings is 1. The van der Waals surface area contributed by atoms with Crippen LogP contribution < -0.4 is 5.32 Å². The summed E-state index contributed by atoms with van der Waals surface area (Å²) in [4.78, 5) is 8.73. The first-order valence-corrected chi connectivity index (χ1v) is 7.31. The van der Waals surface area contributed by atoms with Gasteiger partial charge in [0.15, 0.2) is 0 Å². The zero-order chi connectivity index (χ0) is 14.0. The fourth-order valence-electron chi connectivity index (χ4n) is 1.49. The van der Waals surface area contributed by atoms with Gasteiger partial charge in [0.1, 0.15) is 22.1 Å². The first-order chi connectivity index (χ1) is 8.95. The summed E-state index contributed by atoms with van der Waals surface area (Å²) >= 11 is 6.67. The lowest BCUT2D eigenvalue weighted by molar-refractivity contribution is 0.627. The van der Waals surface area contributed by atoms with Crippen LogP contribution in [0.15, 0.2) is 33.3 Å². The number of nitrogens with one attached hydrogen (secondary N) is 1. The summed E-state index contributed by atoms with van der Waals surface area (Å²) in [6.45, 7) is 4.05. The van der Waals surface area contributed by atoms with Crippen LogP contribution in [0.3, 0.4) is 0 Å². The van der Waals surface area contributed by atoms with E-state index in [2.05, 4.69) is 47.1 Å². The zero-order valence-electron chi connectivity index (χ0n) is 10.4. The molecule has 0 saturated heterocycles. The van der Waals surface area contributed by atoms with Gasteiger partial charge in [-0.3, -0.25) is 0 Å². The molecule has 0 fully saturated rings. The summed E-state index contributed by atoms with van der Waals surface area (Å²) in [6, 6.07) is 6.24. The van der Waals surface area contributed by atoms with E-state index in [0.717, 1.165) is 11.5 Å². The molecule has 0 spiro atoms. The largest absolute Gasteiger partial charge is 0.339 e. The van der Waals surface area contributed by atoms with Gasteiger partial charge < -0.3 is 5.32 Å². The molecule has 1 aromatic heterocycles. The monoisotopic (exact) mass is 387 g/mol. The smallest absolute Gasteiger partial charge is 0.135 e. The predicted octanol–water partition coefficient (Wildman–Crippen LogP) is 5.01. The lowest BCUT2D eigenvalue weighted by Gasteiger charge is -2.11. The second kappa shape index (κ2) is 5.96. The number of hydrogen-bond acceptors (Lipinski definition) is 3. The lowest BCUT2D eigenvalue weighted by atomic mass is 10.2. The Labute approximate surface area is 127 Å². The molecule has 0 amide bonds. The van der Waals surface area contributed by atoms with Crippen molar-refractivity contribution in [2.24, 2.45) is 0 Å². The minimum absolute atomic E-state index is 0.231. The molecule has 0 bridgehead atoms. The Morgan fingerprint density at radius 1 is 1.16 bits per heavy atom. The van der Waals surface area contributed by atoms with Gasteiger partial charge in [0, 0.05) is 16.5 Å². The molecule has 0 aliphatic carbocycles. The van der Waals surface area contributed by atoms with Crippen molar-refractivity contribution >= 4 is 43.4 Å². The summed E-state index contributed by atoms with van der Waals surface area (Å²) in [7, 11) is 0. The average molecular weight is 389 g/mol. The van der Waals surface area contributed by atoms with E-state index in [9.17, 15) is 4.39 Å². The second-order valence-corrected chi connectivity index (χ2v) is 6.00. The number of hydrogen-bond donors (Lipinski definition) is 1. The molecule has 3 nitrogen and oxygen atoms in total.